The summed E-state index contributed by atoms with van der Waals surface area (Å²) in [6.07, 6.45) is 0.674. The van der Waals surface area contributed by atoms with Crippen LogP contribution in [0.5, 0.6) is 0 Å². The van der Waals surface area contributed by atoms with Crippen molar-refractivity contribution < 1.29 is 38.0 Å². The van der Waals surface area contributed by atoms with Gasteiger partial charge in [-0.05, 0) is 26.3 Å². The number of carbonyl (C=O) groups is 1. The maximum absolute atomic E-state index is 12.1. The van der Waals surface area contributed by atoms with Crippen LogP contribution in [-0.4, -0.2) is 71.4 Å². The van der Waals surface area contributed by atoms with Crippen molar-refractivity contribution in [2.45, 2.75) is 44.2 Å². The molecule has 1 rings (SSSR count). The first kappa shape index (κ1) is 25.6. The zero-order chi connectivity index (χ0) is 21.8. The molecule has 1 aromatic carbocycles. The van der Waals surface area contributed by atoms with Gasteiger partial charge in [-0.15, -0.1) is 0 Å². The Morgan fingerprint density at radius 2 is 1.38 bits per heavy atom. The molecule has 3 atom stereocenters. The van der Waals surface area contributed by atoms with E-state index in [1.165, 1.54) is 21.3 Å². The Balaban J connectivity index is 3.18. The number of hydrogen-bond acceptors (Lipinski definition) is 8. The first-order valence-electron chi connectivity index (χ1n) is 9.29. The summed E-state index contributed by atoms with van der Waals surface area (Å²) >= 11 is 0. The van der Waals surface area contributed by atoms with Gasteiger partial charge in [0.15, 0.2) is 11.9 Å². The van der Waals surface area contributed by atoms with Crippen LogP contribution in [0.1, 0.15) is 26.3 Å². The van der Waals surface area contributed by atoms with Crippen LogP contribution < -0.4 is 0 Å². The maximum atomic E-state index is 12.1. The summed E-state index contributed by atoms with van der Waals surface area (Å²) in [5.74, 6) is 0. The SMILES string of the molecule is COCOC(C)(C=O)C(C)(OCOC)C(C)(COCc1ccccc1)OCOC. The van der Waals surface area contributed by atoms with Crippen LogP contribution in [-0.2, 0) is 44.6 Å². The maximum Gasteiger partial charge on any atom is 0.155 e. The molecule has 8 nitrogen and oxygen atoms in total. The molecule has 0 saturated carbocycles. The minimum atomic E-state index is -1.43. The number of ether oxygens (including phenoxy) is 7. The van der Waals surface area contributed by atoms with Crippen molar-refractivity contribution in [3.05, 3.63) is 35.9 Å². The molecule has 0 aromatic heterocycles. The second kappa shape index (κ2) is 12.3. The average molecular weight is 414 g/mol. The van der Waals surface area contributed by atoms with Crippen molar-refractivity contribution in [2.75, 3.05) is 48.3 Å². The van der Waals surface area contributed by atoms with E-state index in [0.29, 0.717) is 12.9 Å². The summed E-state index contributed by atoms with van der Waals surface area (Å²) in [7, 11) is 4.48. The summed E-state index contributed by atoms with van der Waals surface area (Å²) < 4.78 is 38.9. The fourth-order valence-electron chi connectivity index (χ4n) is 2.91. The molecule has 3 unspecified atom stereocenters. The monoisotopic (exact) mass is 414 g/mol. The van der Waals surface area contributed by atoms with Gasteiger partial charge in [0.25, 0.3) is 0 Å². The van der Waals surface area contributed by atoms with E-state index in [2.05, 4.69) is 0 Å². The van der Waals surface area contributed by atoms with Gasteiger partial charge >= 0.3 is 0 Å². The molecule has 0 N–H and O–H groups in total. The van der Waals surface area contributed by atoms with Gasteiger partial charge in [0, 0.05) is 21.3 Å². The third-order valence-electron chi connectivity index (χ3n) is 5.11. The summed E-state index contributed by atoms with van der Waals surface area (Å²) in [6.45, 7) is 5.36. The summed E-state index contributed by atoms with van der Waals surface area (Å²) in [6, 6.07) is 9.74. The molecule has 0 heterocycles. The largest absolute Gasteiger partial charge is 0.374 e. The predicted molar refractivity (Wildman–Crippen MR) is 106 cm³/mol. The lowest BCUT2D eigenvalue weighted by Gasteiger charge is -2.51. The minimum absolute atomic E-state index is 0.0314. The van der Waals surface area contributed by atoms with Gasteiger partial charge in [0.2, 0.25) is 0 Å². The average Bonchev–Trinajstić information content (AvgIpc) is 2.74. The first-order valence-corrected chi connectivity index (χ1v) is 9.29. The molecular weight excluding hydrogens is 380 g/mol. The zero-order valence-electron chi connectivity index (χ0n) is 18.3. The number of benzene rings is 1. The molecular formula is C21H34O8. The van der Waals surface area contributed by atoms with Crippen LogP contribution in [0.15, 0.2) is 30.3 Å². The van der Waals surface area contributed by atoms with Crippen LogP contribution in [0.3, 0.4) is 0 Å². The summed E-state index contributed by atoms with van der Waals surface area (Å²) in [5, 5.41) is 0. The number of hydrogen-bond donors (Lipinski definition) is 0. The molecule has 166 valence electrons. The van der Waals surface area contributed by atoms with E-state index < -0.39 is 16.8 Å². The Labute approximate surface area is 173 Å². The third kappa shape index (κ3) is 6.55. The van der Waals surface area contributed by atoms with E-state index in [0.717, 1.165) is 5.56 Å². The Hall–Kier alpha value is -1.39. The lowest BCUT2D eigenvalue weighted by molar-refractivity contribution is -0.314. The highest BCUT2D eigenvalue weighted by atomic mass is 16.7. The Morgan fingerprint density at radius 1 is 0.828 bits per heavy atom. The third-order valence-corrected chi connectivity index (χ3v) is 5.11. The number of rotatable bonds is 16. The highest BCUT2D eigenvalue weighted by Crippen LogP contribution is 2.41. The standard InChI is InChI=1S/C21H34O8/c1-19(13-22,27-15-23-4)21(3,29-17-25-6)20(2,28-16-24-5)14-26-12-18-10-8-7-9-11-18/h7-11,13H,12,14-17H2,1-6H3. The molecule has 0 spiro atoms. The second-order valence-corrected chi connectivity index (χ2v) is 7.12. The fourth-order valence-corrected chi connectivity index (χ4v) is 2.91. The van der Waals surface area contributed by atoms with E-state index in [4.69, 9.17) is 33.2 Å². The van der Waals surface area contributed by atoms with Crippen molar-refractivity contribution in [3.8, 4) is 0 Å². The van der Waals surface area contributed by atoms with E-state index in [1.807, 2.05) is 30.3 Å². The van der Waals surface area contributed by atoms with Gasteiger partial charge < -0.3 is 38.0 Å². The minimum Gasteiger partial charge on any atom is -0.374 e. The molecule has 0 bridgehead atoms. The van der Waals surface area contributed by atoms with Gasteiger partial charge in [-0.1, -0.05) is 30.3 Å². The molecule has 0 fully saturated rings. The van der Waals surface area contributed by atoms with E-state index >= 15 is 0 Å². The van der Waals surface area contributed by atoms with Gasteiger partial charge in [-0.3, -0.25) is 0 Å². The van der Waals surface area contributed by atoms with Crippen molar-refractivity contribution in [1.29, 1.82) is 0 Å². The zero-order valence-corrected chi connectivity index (χ0v) is 18.3. The normalized spacial score (nSPS) is 17.9. The Morgan fingerprint density at radius 3 is 1.93 bits per heavy atom. The smallest absolute Gasteiger partial charge is 0.155 e. The molecule has 0 aliphatic rings. The second-order valence-electron chi connectivity index (χ2n) is 7.12. The van der Waals surface area contributed by atoms with E-state index in [-0.39, 0.29) is 27.0 Å². The molecule has 0 radical (unpaired) electrons. The fraction of sp³-hybridized carbons (Fsp3) is 0.667. The van der Waals surface area contributed by atoms with Crippen molar-refractivity contribution in [1.82, 2.24) is 0 Å². The molecule has 8 heteroatoms. The predicted octanol–water partition coefficient (Wildman–Crippen LogP) is 2.54. The van der Waals surface area contributed by atoms with Crippen LogP contribution >= 0.6 is 0 Å². The molecule has 1 aromatic rings. The topological polar surface area (TPSA) is 81.7 Å². The molecule has 0 amide bonds. The number of methoxy groups -OCH3 is 3. The summed E-state index contributed by atoms with van der Waals surface area (Å²) in [5.41, 5.74) is -2.87. The van der Waals surface area contributed by atoms with Crippen LogP contribution in [0.25, 0.3) is 0 Å². The summed E-state index contributed by atoms with van der Waals surface area (Å²) in [4.78, 5) is 12.1. The first-order chi connectivity index (χ1) is 13.8. The molecule has 0 saturated heterocycles. The highest BCUT2D eigenvalue weighted by Gasteiger charge is 2.60. The number of carbonyl (C=O) groups excluding carboxylic acids is 1. The van der Waals surface area contributed by atoms with Gasteiger partial charge in [-0.2, -0.15) is 0 Å². The van der Waals surface area contributed by atoms with Crippen molar-refractivity contribution in [2.24, 2.45) is 0 Å². The van der Waals surface area contributed by atoms with Crippen LogP contribution in [0.2, 0.25) is 0 Å². The van der Waals surface area contributed by atoms with Gasteiger partial charge in [0.1, 0.15) is 31.6 Å². The lowest BCUT2D eigenvalue weighted by Crippen LogP contribution is -2.69. The van der Waals surface area contributed by atoms with Crippen molar-refractivity contribution >= 4 is 6.29 Å². The van der Waals surface area contributed by atoms with E-state index in [9.17, 15) is 4.79 Å². The Bertz CT molecular complexity index is 583. The quantitative estimate of drug-likeness (QED) is 0.302. The van der Waals surface area contributed by atoms with Gasteiger partial charge in [-0.25, -0.2) is 0 Å². The van der Waals surface area contributed by atoms with Crippen molar-refractivity contribution in [3.63, 3.8) is 0 Å². The molecule has 0 aliphatic carbocycles. The number of aldehydes is 1. The molecule has 29 heavy (non-hydrogen) atoms. The Kier molecular flexibility index (Phi) is 10.9. The van der Waals surface area contributed by atoms with E-state index in [1.54, 1.807) is 20.8 Å². The highest BCUT2D eigenvalue weighted by molar-refractivity contribution is 5.65. The molecule has 0 aliphatic heterocycles. The van der Waals surface area contributed by atoms with Crippen LogP contribution in [0, 0.1) is 0 Å². The van der Waals surface area contributed by atoms with Crippen LogP contribution in [0.4, 0.5) is 0 Å². The lowest BCUT2D eigenvalue weighted by atomic mass is 9.73. The van der Waals surface area contributed by atoms with Gasteiger partial charge in [0.05, 0.1) is 13.2 Å².